The lowest BCUT2D eigenvalue weighted by molar-refractivity contribution is -0.158. The number of piperazine rings is 1. The van der Waals surface area contributed by atoms with E-state index in [2.05, 4.69) is 11.1 Å². The van der Waals surface area contributed by atoms with Crippen LogP contribution in [0.4, 0.5) is 0 Å². The number of carbonyl (C=O) groups excluding carboxylic acids is 2. The molecule has 2 atom stereocenters. The number of benzene rings is 2. The normalized spacial score (nSPS) is 20.0. The van der Waals surface area contributed by atoms with Gasteiger partial charge >= 0.3 is 0 Å². The van der Waals surface area contributed by atoms with Gasteiger partial charge in [0.2, 0.25) is 17.6 Å². The highest BCUT2D eigenvalue weighted by Crippen LogP contribution is 2.46. The summed E-state index contributed by atoms with van der Waals surface area (Å²) in [6.45, 7) is 2.48. The highest BCUT2D eigenvalue weighted by atomic mass is 16.5. The molecule has 1 fully saturated rings. The number of aromatic nitrogens is 1. The number of nitrogens with one attached hydrogen (secondary N) is 1. The van der Waals surface area contributed by atoms with Gasteiger partial charge in [0.1, 0.15) is 6.04 Å². The zero-order valence-corrected chi connectivity index (χ0v) is 19.2. The Kier molecular flexibility index (Phi) is 5.15. The fourth-order valence-corrected chi connectivity index (χ4v) is 5.20. The van der Waals surface area contributed by atoms with E-state index in [4.69, 9.17) is 14.2 Å². The average molecular weight is 450 g/mol. The molecule has 0 unspecified atom stereocenters. The van der Waals surface area contributed by atoms with Crippen LogP contribution in [0.15, 0.2) is 36.4 Å². The summed E-state index contributed by atoms with van der Waals surface area (Å²) in [7, 11) is 4.68. The van der Waals surface area contributed by atoms with Gasteiger partial charge in [-0.25, -0.2) is 0 Å². The van der Waals surface area contributed by atoms with Gasteiger partial charge in [-0.1, -0.05) is 18.2 Å². The van der Waals surface area contributed by atoms with Crippen LogP contribution in [-0.4, -0.2) is 67.1 Å². The molecule has 0 spiro atoms. The Hall–Kier alpha value is -3.68. The molecule has 8 nitrogen and oxygen atoms in total. The molecule has 5 rings (SSSR count). The van der Waals surface area contributed by atoms with Crippen molar-refractivity contribution in [2.75, 3.05) is 34.4 Å². The molecule has 33 heavy (non-hydrogen) atoms. The molecule has 1 N–H and O–H groups in total. The molecule has 2 aliphatic heterocycles. The largest absolute Gasteiger partial charge is 0.493 e. The minimum absolute atomic E-state index is 0.0227. The molecule has 0 radical (unpaired) electrons. The predicted molar refractivity (Wildman–Crippen MR) is 123 cm³/mol. The van der Waals surface area contributed by atoms with Crippen LogP contribution in [0.1, 0.15) is 29.8 Å². The average Bonchev–Trinajstić information content (AvgIpc) is 3.22. The second-order valence-electron chi connectivity index (χ2n) is 8.30. The summed E-state index contributed by atoms with van der Waals surface area (Å²) in [5, 5.41) is 1.07. The van der Waals surface area contributed by atoms with Crippen molar-refractivity contribution in [3.63, 3.8) is 0 Å². The first-order valence-electron chi connectivity index (χ1n) is 11.0. The number of nitrogens with zero attached hydrogens (tertiary/aromatic N) is 2. The van der Waals surface area contributed by atoms with Gasteiger partial charge in [-0.15, -0.1) is 0 Å². The molecule has 8 heteroatoms. The van der Waals surface area contributed by atoms with E-state index in [0.717, 1.165) is 27.7 Å². The van der Waals surface area contributed by atoms with Gasteiger partial charge in [-0.3, -0.25) is 9.59 Å². The van der Waals surface area contributed by atoms with Gasteiger partial charge in [0, 0.05) is 29.6 Å². The lowest BCUT2D eigenvalue weighted by Gasteiger charge is -2.47. The molecule has 3 aromatic rings. The quantitative estimate of drug-likeness (QED) is 0.648. The molecule has 2 aliphatic rings. The van der Waals surface area contributed by atoms with Crippen molar-refractivity contribution in [2.45, 2.75) is 25.4 Å². The second kappa shape index (κ2) is 8.03. The maximum absolute atomic E-state index is 13.4. The van der Waals surface area contributed by atoms with Crippen molar-refractivity contribution < 1.29 is 23.8 Å². The number of H-pyrrole nitrogens is 1. The summed E-state index contributed by atoms with van der Waals surface area (Å²) in [6.07, 6.45) is 0.474. The summed E-state index contributed by atoms with van der Waals surface area (Å²) in [5.74, 6) is 1.37. The molecular formula is C25H27N3O5. The monoisotopic (exact) mass is 449 g/mol. The van der Waals surface area contributed by atoms with Crippen molar-refractivity contribution >= 4 is 22.7 Å². The van der Waals surface area contributed by atoms with E-state index in [1.165, 1.54) is 0 Å². The first kappa shape index (κ1) is 21.2. The highest BCUT2D eigenvalue weighted by Gasteiger charge is 2.48. The van der Waals surface area contributed by atoms with Crippen LogP contribution in [0.5, 0.6) is 17.2 Å². The Morgan fingerprint density at radius 2 is 1.73 bits per heavy atom. The molecule has 172 valence electrons. The molecule has 2 amide bonds. The number of likely N-dealkylation sites (N-methyl/N-ethyl adjacent to an activating group) is 1. The van der Waals surface area contributed by atoms with Gasteiger partial charge in [0.05, 0.1) is 33.9 Å². The van der Waals surface area contributed by atoms with E-state index in [0.29, 0.717) is 30.2 Å². The fourth-order valence-electron chi connectivity index (χ4n) is 5.20. The number of aromatic amines is 1. The summed E-state index contributed by atoms with van der Waals surface area (Å²) in [6, 6.07) is 10.7. The van der Waals surface area contributed by atoms with Crippen LogP contribution >= 0.6 is 0 Å². The number of fused-ring (bicyclic) bond motifs is 4. The molecule has 2 aromatic carbocycles. The van der Waals surface area contributed by atoms with Gasteiger partial charge in [0.25, 0.3) is 0 Å². The molecular weight excluding hydrogens is 422 g/mol. The molecule has 1 saturated heterocycles. The van der Waals surface area contributed by atoms with E-state index in [-0.39, 0.29) is 18.4 Å². The Labute approximate surface area is 192 Å². The van der Waals surface area contributed by atoms with Gasteiger partial charge < -0.3 is 29.0 Å². The third-order valence-corrected chi connectivity index (χ3v) is 6.73. The standard InChI is InChI=1S/C25H27N3O5/c1-5-27-13-21(29)28-18(25(27)30)12-16-15-8-6-7-9-17(15)26-22(16)23(28)14-10-19(31-2)24(33-4)20(11-14)32-3/h6-11,18,23,26H,5,12-13H2,1-4H3/t18-,23-/m1/s1. The van der Waals surface area contributed by atoms with Gasteiger partial charge in [-0.05, 0) is 36.2 Å². The zero-order valence-electron chi connectivity index (χ0n) is 19.2. The smallest absolute Gasteiger partial charge is 0.246 e. The van der Waals surface area contributed by atoms with Crippen LogP contribution in [0.3, 0.4) is 0 Å². The van der Waals surface area contributed by atoms with Crippen molar-refractivity contribution in [3.8, 4) is 17.2 Å². The van der Waals surface area contributed by atoms with Crippen molar-refractivity contribution in [1.82, 2.24) is 14.8 Å². The van der Waals surface area contributed by atoms with E-state index >= 15 is 0 Å². The fraction of sp³-hybridized carbons (Fsp3) is 0.360. The van der Waals surface area contributed by atoms with Gasteiger partial charge in [-0.2, -0.15) is 0 Å². The molecule has 0 aliphatic carbocycles. The number of para-hydroxylation sites is 1. The minimum atomic E-state index is -0.568. The lowest BCUT2D eigenvalue weighted by Crippen LogP contribution is -2.62. The number of methoxy groups -OCH3 is 3. The summed E-state index contributed by atoms with van der Waals surface area (Å²) in [5.41, 5.74) is 3.73. The number of hydrogen-bond acceptors (Lipinski definition) is 5. The van der Waals surface area contributed by atoms with Crippen LogP contribution in [0, 0.1) is 0 Å². The third-order valence-electron chi connectivity index (χ3n) is 6.73. The van der Waals surface area contributed by atoms with Crippen LogP contribution in [-0.2, 0) is 16.0 Å². The maximum atomic E-state index is 13.4. The van der Waals surface area contributed by atoms with Gasteiger partial charge in [0.15, 0.2) is 11.5 Å². The Morgan fingerprint density at radius 3 is 2.36 bits per heavy atom. The first-order chi connectivity index (χ1) is 16.0. The first-order valence-corrected chi connectivity index (χ1v) is 11.0. The molecule has 3 heterocycles. The Balaban J connectivity index is 1.76. The van der Waals surface area contributed by atoms with E-state index < -0.39 is 12.1 Å². The zero-order chi connectivity index (χ0) is 23.3. The molecule has 0 saturated carbocycles. The summed E-state index contributed by atoms with van der Waals surface area (Å²) < 4.78 is 16.7. The Morgan fingerprint density at radius 1 is 1.03 bits per heavy atom. The Bertz CT molecular complexity index is 1230. The number of ether oxygens (including phenoxy) is 3. The number of hydrogen-bond donors (Lipinski definition) is 1. The SMILES string of the molecule is CCN1CC(=O)N2[C@H](c3cc(OC)c(OC)c(OC)c3)c3[nH]c4ccccc4c3C[C@@H]2C1=O. The molecule has 1 aromatic heterocycles. The van der Waals surface area contributed by atoms with E-state index in [1.807, 2.05) is 37.3 Å². The third kappa shape index (κ3) is 3.12. The van der Waals surface area contributed by atoms with Crippen LogP contribution in [0.2, 0.25) is 0 Å². The predicted octanol–water partition coefficient (Wildman–Crippen LogP) is 2.90. The highest BCUT2D eigenvalue weighted by molar-refractivity contribution is 5.97. The van der Waals surface area contributed by atoms with Crippen molar-refractivity contribution in [3.05, 3.63) is 53.2 Å². The topological polar surface area (TPSA) is 84.1 Å². The van der Waals surface area contributed by atoms with Crippen molar-refractivity contribution in [1.29, 1.82) is 0 Å². The van der Waals surface area contributed by atoms with E-state index in [1.54, 1.807) is 31.1 Å². The molecule has 0 bridgehead atoms. The van der Waals surface area contributed by atoms with Crippen LogP contribution in [0.25, 0.3) is 10.9 Å². The van der Waals surface area contributed by atoms with Crippen LogP contribution < -0.4 is 14.2 Å². The van der Waals surface area contributed by atoms with E-state index in [9.17, 15) is 9.59 Å². The minimum Gasteiger partial charge on any atom is -0.493 e. The maximum Gasteiger partial charge on any atom is 0.246 e. The van der Waals surface area contributed by atoms with Crippen molar-refractivity contribution in [2.24, 2.45) is 0 Å². The number of rotatable bonds is 5. The number of carbonyl (C=O) groups is 2. The second-order valence-corrected chi connectivity index (χ2v) is 8.30. The summed E-state index contributed by atoms with van der Waals surface area (Å²) in [4.78, 5) is 33.7. The summed E-state index contributed by atoms with van der Waals surface area (Å²) >= 11 is 0. The number of amides is 2. The lowest BCUT2D eigenvalue weighted by atomic mass is 9.86.